The van der Waals surface area contributed by atoms with Crippen LogP contribution in [0.25, 0.3) is 27.5 Å². The molecule has 0 bridgehead atoms. The van der Waals surface area contributed by atoms with E-state index < -0.39 is 11.7 Å². The highest BCUT2D eigenvalue weighted by Crippen LogP contribution is 2.30. The van der Waals surface area contributed by atoms with Gasteiger partial charge in [-0.1, -0.05) is 13.8 Å². The highest BCUT2D eigenvalue weighted by atomic mass is 19.4. The molecule has 1 amide bonds. The lowest BCUT2D eigenvalue weighted by atomic mass is 10.1. The first-order chi connectivity index (χ1) is 17.0. The molecule has 2 N–H and O–H groups in total. The Balaban J connectivity index is 1.51. The molecular formula is C25H24F3N7O. The van der Waals surface area contributed by atoms with E-state index in [1.165, 1.54) is 16.7 Å². The summed E-state index contributed by atoms with van der Waals surface area (Å²) in [6.07, 6.45) is -0.281. The van der Waals surface area contributed by atoms with Crippen molar-refractivity contribution >= 4 is 39.2 Å². The third-order valence-corrected chi connectivity index (χ3v) is 6.01. The van der Waals surface area contributed by atoms with Crippen LogP contribution in [-0.2, 0) is 19.8 Å². The predicted molar refractivity (Wildman–Crippen MR) is 130 cm³/mol. The molecule has 0 fully saturated rings. The van der Waals surface area contributed by atoms with Gasteiger partial charge in [0.05, 0.1) is 40.4 Å². The maximum atomic E-state index is 13.6. The molecule has 0 radical (unpaired) electrons. The summed E-state index contributed by atoms with van der Waals surface area (Å²) in [4.78, 5) is 24.2. The summed E-state index contributed by atoms with van der Waals surface area (Å²) in [5, 5.41) is 5.73. The van der Waals surface area contributed by atoms with E-state index >= 15 is 0 Å². The number of pyridine rings is 2. The summed E-state index contributed by atoms with van der Waals surface area (Å²) in [7, 11) is 1.80. The summed E-state index contributed by atoms with van der Waals surface area (Å²) in [5.74, 6) is 0.311. The minimum Gasteiger partial charge on any atom is -0.383 e. The molecule has 0 saturated carbocycles. The fourth-order valence-corrected chi connectivity index (χ4v) is 4.42. The van der Waals surface area contributed by atoms with Crippen molar-refractivity contribution < 1.29 is 18.0 Å². The second kappa shape index (κ2) is 8.51. The molecule has 5 rings (SSSR count). The van der Waals surface area contributed by atoms with Crippen LogP contribution >= 0.6 is 0 Å². The van der Waals surface area contributed by atoms with Crippen LogP contribution in [-0.4, -0.2) is 41.5 Å². The Hall–Kier alpha value is -4.15. The number of amides is 1. The normalized spacial score (nSPS) is 12.3. The van der Waals surface area contributed by atoms with Crippen molar-refractivity contribution in [3.05, 3.63) is 65.7 Å². The number of nitrogens with two attached hydrogens (primary N) is 1. The molecule has 4 aromatic heterocycles. The second-order valence-electron chi connectivity index (χ2n) is 9.25. The molecule has 0 saturated heterocycles. The molecule has 0 unspecified atom stereocenters. The number of aromatic nitrogens is 5. The van der Waals surface area contributed by atoms with Gasteiger partial charge < -0.3 is 15.0 Å². The summed E-state index contributed by atoms with van der Waals surface area (Å²) in [5.41, 5.74) is 8.07. The molecule has 5 aromatic rings. The molecule has 0 aliphatic carbocycles. The van der Waals surface area contributed by atoms with Gasteiger partial charge >= 0.3 is 6.18 Å². The zero-order valence-corrected chi connectivity index (χ0v) is 19.9. The highest BCUT2D eigenvalue weighted by molar-refractivity contribution is 6.10. The number of anilines is 1. The third kappa shape index (κ3) is 4.21. The zero-order valence-electron chi connectivity index (χ0n) is 19.9. The quantitative estimate of drug-likeness (QED) is 0.383. The number of aryl methyl sites for hydroxylation is 1. The van der Waals surface area contributed by atoms with Crippen molar-refractivity contribution in [3.63, 3.8) is 0 Å². The van der Waals surface area contributed by atoms with Gasteiger partial charge in [-0.25, -0.2) is 9.97 Å². The number of nitrogens with zero attached hydrogens (tertiary/aromatic N) is 6. The molecule has 1 aromatic carbocycles. The molecular weight excluding hydrogens is 471 g/mol. The largest absolute Gasteiger partial charge is 0.417 e. The van der Waals surface area contributed by atoms with Gasteiger partial charge in [-0.3, -0.25) is 9.48 Å². The van der Waals surface area contributed by atoms with Crippen molar-refractivity contribution in [1.29, 1.82) is 0 Å². The molecule has 186 valence electrons. The number of hydrogen-bond acceptors (Lipinski definition) is 5. The van der Waals surface area contributed by atoms with Crippen LogP contribution in [0.15, 0.2) is 48.9 Å². The van der Waals surface area contributed by atoms with Crippen LogP contribution in [0.2, 0.25) is 0 Å². The van der Waals surface area contributed by atoms with E-state index in [1.54, 1.807) is 41.0 Å². The van der Waals surface area contributed by atoms with E-state index in [0.717, 1.165) is 23.2 Å². The lowest BCUT2D eigenvalue weighted by molar-refractivity contribution is -0.137. The van der Waals surface area contributed by atoms with E-state index in [2.05, 4.69) is 15.1 Å². The summed E-state index contributed by atoms with van der Waals surface area (Å²) >= 11 is 0. The van der Waals surface area contributed by atoms with Gasteiger partial charge in [0.2, 0.25) is 0 Å². The van der Waals surface area contributed by atoms with E-state index in [1.807, 2.05) is 13.8 Å². The monoisotopic (exact) mass is 495 g/mol. The Bertz CT molecular complexity index is 1620. The van der Waals surface area contributed by atoms with Gasteiger partial charge in [-0.05, 0) is 36.2 Å². The molecule has 11 heteroatoms. The van der Waals surface area contributed by atoms with Crippen LogP contribution in [0.3, 0.4) is 0 Å². The first-order valence-electron chi connectivity index (χ1n) is 11.4. The molecule has 4 heterocycles. The van der Waals surface area contributed by atoms with Gasteiger partial charge in [0.15, 0.2) is 0 Å². The van der Waals surface area contributed by atoms with Crippen LogP contribution in [0.5, 0.6) is 0 Å². The van der Waals surface area contributed by atoms with Crippen molar-refractivity contribution in [1.82, 2.24) is 29.0 Å². The Morgan fingerprint density at radius 1 is 1.11 bits per heavy atom. The molecule has 0 aliphatic heterocycles. The van der Waals surface area contributed by atoms with Crippen LogP contribution in [0.4, 0.5) is 19.0 Å². The maximum absolute atomic E-state index is 13.6. The van der Waals surface area contributed by atoms with E-state index in [9.17, 15) is 18.0 Å². The van der Waals surface area contributed by atoms with Gasteiger partial charge in [0.25, 0.3) is 5.91 Å². The first-order valence-corrected chi connectivity index (χ1v) is 11.4. The Kier molecular flexibility index (Phi) is 5.57. The van der Waals surface area contributed by atoms with Crippen molar-refractivity contribution in [3.8, 4) is 0 Å². The van der Waals surface area contributed by atoms with Crippen LogP contribution in [0, 0.1) is 5.92 Å². The minimum atomic E-state index is -4.45. The lowest BCUT2D eigenvalue weighted by Gasteiger charge is -2.24. The number of carbonyl (C=O) groups is 1. The van der Waals surface area contributed by atoms with Gasteiger partial charge in [0.1, 0.15) is 11.5 Å². The summed E-state index contributed by atoms with van der Waals surface area (Å²) in [6.45, 7) is 4.58. The number of fused-ring (bicyclic) bond motifs is 4. The molecule has 36 heavy (non-hydrogen) atoms. The van der Waals surface area contributed by atoms with E-state index in [0.29, 0.717) is 40.2 Å². The van der Waals surface area contributed by atoms with Crippen molar-refractivity contribution in [2.45, 2.75) is 26.6 Å². The lowest BCUT2D eigenvalue weighted by Crippen LogP contribution is -2.33. The number of hydrogen-bond donors (Lipinski definition) is 1. The Labute approximate surface area is 204 Å². The van der Waals surface area contributed by atoms with Crippen molar-refractivity contribution in [2.24, 2.45) is 13.0 Å². The molecule has 0 aliphatic rings. The van der Waals surface area contributed by atoms with Crippen LogP contribution in [0.1, 0.15) is 35.5 Å². The number of imidazole rings is 1. The Morgan fingerprint density at radius 2 is 1.89 bits per heavy atom. The smallest absolute Gasteiger partial charge is 0.383 e. The molecule has 0 atom stereocenters. The average Bonchev–Trinajstić information content (AvgIpc) is 3.40. The van der Waals surface area contributed by atoms with E-state index in [-0.39, 0.29) is 18.4 Å². The van der Waals surface area contributed by atoms with Crippen LogP contribution < -0.4 is 5.73 Å². The zero-order chi connectivity index (χ0) is 25.8. The number of alkyl halides is 3. The van der Waals surface area contributed by atoms with Crippen molar-refractivity contribution in [2.75, 3.05) is 12.3 Å². The Morgan fingerprint density at radius 3 is 2.61 bits per heavy atom. The number of carbonyl (C=O) groups excluding carboxylic acids is 1. The third-order valence-electron chi connectivity index (χ3n) is 6.01. The van der Waals surface area contributed by atoms with Gasteiger partial charge in [-0.2, -0.15) is 18.3 Å². The average molecular weight is 496 g/mol. The fraction of sp³-hybridized carbons (Fsp3) is 0.280. The number of halogens is 3. The number of rotatable bonds is 5. The standard InChI is InChI=1S/C25H24F3N7O/c1-14(2)10-35(13-17-12-34-11-16(25(26,27)28)5-7-21(34)31-17)24(36)15-4-6-20-18(8-15)22-19(23(29)32-20)9-30-33(22)3/h4-9,11-12,14H,10,13H2,1-3H3,(H2,29,32). The molecule has 8 nitrogen and oxygen atoms in total. The summed E-state index contributed by atoms with van der Waals surface area (Å²) in [6, 6.07) is 7.55. The molecule has 0 spiro atoms. The number of nitrogen functional groups attached to an aromatic ring is 1. The predicted octanol–water partition coefficient (Wildman–Crippen LogP) is 4.67. The summed E-state index contributed by atoms with van der Waals surface area (Å²) < 4.78 is 42.3. The fourth-order valence-electron chi connectivity index (χ4n) is 4.42. The first kappa shape index (κ1) is 23.6. The number of benzene rings is 1. The van der Waals surface area contributed by atoms with E-state index in [4.69, 9.17) is 5.73 Å². The van der Waals surface area contributed by atoms with Gasteiger partial charge in [0, 0.05) is 36.9 Å². The topological polar surface area (TPSA) is 94.3 Å². The maximum Gasteiger partial charge on any atom is 0.417 e. The second-order valence-corrected chi connectivity index (χ2v) is 9.25. The SMILES string of the molecule is CC(C)CN(Cc1cn2cc(C(F)(F)F)ccc2n1)C(=O)c1ccc2nc(N)c3cnn(C)c3c2c1. The minimum absolute atomic E-state index is 0.152. The highest BCUT2D eigenvalue weighted by Gasteiger charge is 2.31. The van der Waals surface area contributed by atoms with Gasteiger partial charge in [-0.15, -0.1) is 0 Å².